The predicted octanol–water partition coefficient (Wildman–Crippen LogP) is 1.39. The first-order valence-electron chi connectivity index (χ1n) is 7.62. The number of oxime groups is 1. The topological polar surface area (TPSA) is 65.4 Å². The van der Waals surface area contributed by atoms with Crippen molar-refractivity contribution in [3.8, 4) is 0 Å². The Balaban J connectivity index is 1.60. The second-order valence-electron chi connectivity index (χ2n) is 5.96. The number of hydrogen-bond acceptors (Lipinski definition) is 5. The van der Waals surface area contributed by atoms with Gasteiger partial charge >= 0.3 is 6.09 Å². The van der Waals surface area contributed by atoms with Crippen LogP contribution in [0.4, 0.5) is 4.79 Å². The van der Waals surface area contributed by atoms with Crippen molar-refractivity contribution in [2.75, 3.05) is 32.8 Å². The minimum absolute atomic E-state index is 0.212. The minimum atomic E-state index is -0.212. The number of nitrogens with zero attached hydrogens (tertiary/aromatic N) is 3. The Morgan fingerprint density at radius 3 is 2.75 bits per heavy atom. The van der Waals surface area contributed by atoms with Crippen molar-refractivity contribution in [3.63, 3.8) is 0 Å². The lowest BCUT2D eigenvalue weighted by atomic mass is 9.91. The molecular formula is C14H23N3O3. The summed E-state index contributed by atoms with van der Waals surface area (Å²) in [4.78, 5) is 15.8. The van der Waals surface area contributed by atoms with Crippen LogP contribution in [0.1, 0.15) is 26.2 Å². The molecule has 3 fully saturated rings. The van der Waals surface area contributed by atoms with Crippen LogP contribution in [0.15, 0.2) is 5.16 Å². The van der Waals surface area contributed by atoms with E-state index in [2.05, 4.69) is 10.1 Å². The third-order valence-electron chi connectivity index (χ3n) is 4.99. The molecule has 1 saturated heterocycles. The average molecular weight is 281 g/mol. The molecule has 3 atom stereocenters. The summed E-state index contributed by atoms with van der Waals surface area (Å²) in [5.74, 6) is 1.12. The van der Waals surface area contributed by atoms with Crippen molar-refractivity contribution in [1.82, 2.24) is 9.80 Å². The van der Waals surface area contributed by atoms with E-state index in [1.807, 2.05) is 6.92 Å². The largest absolute Gasteiger partial charge is 0.450 e. The number of hydrogen-bond donors (Lipinski definition) is 1. The van der Waals surface area contributed by atoms with Crippen LogP contribution < -0.4 is 0 Å². The predicted molar refractivity (Wildman–Crippen MR) is 74.0 cm³/mol. The van der Waals surface area contributed by atoms with Gasteiger partial charge in [-0.15, -0.1) is 0 Å². The zero-order valence-corrected chi connectivity index (χ0v) is 12.0. The monoisotopic (exact) mass is 281 g/mol. The van der Waals surface area contributed by atoms with Crippen LogP contribution in [0.25, 0.3) is 0 Å². The van der Waals surface area contributed by atoms with Gasteiger partial charge in [0.05, 0.1) is 18.4 Å². The smallest absolute Gasteiger partial charge is 0.409 e. The summed E-state index contributed by atoms with van der Waals surface area (Å²) in [6.45, 7) is 5.33. The molecule has 0 spiro atoms. The highest BCUT2D eigenvalue weighted by Crippen LogP contribution is 2.45. The highest BCUT2D eigenvalue weighted by atomic mass is 16.6. The third-order valence-corrected chi connectivity index (χ3v) is 4.99. The molecule has 0 radical (unpaired) electrons. The van der Waals surface area contributed by atoms with Gasteiger partial charge in [0.1, 0.15) is 0 Å². The number of carbonyl (C=O) groups excluding carboxylic acids is 1. The van der Waals surface area contributed by atoms with Gasteiger partial charge in [0.2, 0.25) is 0 Å². The lowest BCUT2D eigenvalue weighted by molar-refractivity contribution is 0.0678. The van der Waals surface area contributed by atoms with Gasteiger partial charge in [0.25, 0.3) is 0 Å². The molecule has 1 N–H and O–H groups in total. The number of carbonyl (C=O) groups is 1. The maximum Gasteiger partial charge on any atom is 0.409 e. The lowest BCUT2D eigenvalue weighted by Gasteiger charge is -2.40. The molecule has 0 aromatic heterocycles. The van der Waals surface area contributed by atoms with Crippen LogP contribution in [0, 0.1) is 11.8 Å². The molecule has 1 heterocycles. The van der Waals surface area contributed by atoms with E-state index in [1.54, 1.807) is 4.90 Å². The lowest BCUT2D eigenvalue weighted by Crippen LogP contribution is -2.55. The molecule has 1 aliphatic heterocycles. The number of rotatable bonds is 2. The maximum atomic E-state index is 11.7. The molecule has 3 aliphatic rings. The van der Waals surface area contributed by atoms with Crippen LogP contribution in [0.5, 0.6) is 0 Å². The van der Waals surface area contributed by atoms with E-state index >= 15 is 0 Å². The fourth-order valence-electron chi connectivity index (χ4n) is 4.08. The first-order chi connectivity index (χ1) is 9.74. The number of amides is 1. The summed E-state index contributed by atoms with van der Waals surface area (Å²) in [6.07, 6.45) is 3.37. The average Bonchev–Trinajstić information content (AvgIpc) is 3.08. The molecule has 0 unspecified atom stereocenters. The molecule has 0 aromatic carbocycles. The van der Waals surface area contributed by atoms with E-state index in [0.717, 1.165) is 18.8 Å². The van der Waals surface area contributed by atoms with Gasteiger partial charge in [-0.1, -0.05) is 5.16 Å². The quantitative estimate of drug-likeness (QED) is 0.613. The Hall–Kier alpha value is -1.30. The highest BCUT2D eigenvalue weighted by Gasteiger charge is 2.48. The molecule has 3 rings (SSSR count). The second kappa shape index (κ2) is 5.60. The van der Waals surface area contributed by atoms with Gasteiger partial charge in [0, 0.05) is 32.1 Å². The van der Waals surface area contributed by atoms with Crippen molar-refractivity contribution in [1.29, 1.82) is 0 Å². The van der Waals surface area contributed by atoms with Crippen LogP contribution in [-0.4, -0.2) is 65.6 Å². The fourth-order valence-corrected chi connectivity index (χ4v) is 4.08. The van der Waals surface area contributed by atoms with Gasteiger partial charge in [-0.05, 0) is 32.1 Å². The normalized spacial score (nSPS) is 35.8. The second-order valence-corrected chi connectivity index (χ2v) is 5.96. The number of ether oxygens (including phenoxy) is 1. The van der Waals surface area contributed by atoms with E-state index in [-0.39, 0.29) is 6.09 Å². The van der Waals surface area contributed by atoms with Gasteiger partial charge < -0.3 is 14.8 Å². The Bertz CT molecular complexity index is 404. The summed E-state index contributed by atoms with van der Waals surface area (Å²) in [7, 11) is 0. The molecule has 1 amide bonds. The summed E-state index contributed by atoms with van der Waals surface area (Å²) in [6, 6.07) is 0.295. The van der Waals surface area contributed by atoms with E-state index in [4.69, 9.17) is 4.74 Å². The standard InChI is InChI=1S/C14H23N3O3/c1-2-20-14(18)17-7-5-16(6-8-17)13-11-4-3-10(9-11)12(13)15-19/h10-11,13,19H,2-9H2,1H3/b15-12-/t10-,11-,13+/m0/s1. The zero-order valence-electron chi connectivity index (χ0n) is 12.0. The highest BCUT2D eigenvalue weighted by molar-refractivity contribution is 5.94. The van der Waals surface area contributed by atoms with Crippen molar-refractivity contribution < 1.29 is 14.7 Å². The molecule has 112 valence electrons. The van der Waals surface area contributed by atoms with Gasteiger partial charge in [-0.2, -0.15) is 0 Å². The van der Waals surface area contributed by atoms with Gasteiger partial charge in [0.15, 0.2) is 0 Å². The number of fused-ring (bicyclic) bond motifs is 2. The molecular weight excluding hydrogens is 258 g/mol. The van der Waals surface area contributed by atoms with E-state index < -0.39 is 0 Å². The number of piperazine rings is 1. The Kier molecular flexibility index (Phi) is 3.83. The molecule has 20 heavy (non-hydrogen) atoms. The molecule has 0 aromatic rings. The van der Waals surface area contributed by atoms with Crippen LogP contribution in [0.2, 0.25) is 0 Å². The molecule has 6 nitrogen and oxygen atoms in total. The molecule has 2 aliphatic carbocycles. The van der Waals surface area contributed by atoms with Crippen molar-refractivity contribution in [2.24, 2.45) is 17.0 Å². The van der Waals surface area contributed by atoms with Crippen molar-refractivity contribution >= 4 is 11.8 Å². The minimum Gasteiger partial charge on any atom is -0.450 e. The SMILES string of the molecule is CCOC(=O)N1CCN([C@H]2/C(=N\O)[C@H]3CC[C@H]2C3)CC1. The Morgan fingerprint density at radius 1 is 1.35 bits per heavy atom. The Morgan fingerprint density at radius 2 is 2.10 bits per heavy atom. The van der Waals surface area contributed by atoms with Crippen LogP contribution in [0.3, 0.4) is 0 Å². The fraction of sp³-hybridized carbons (Fsp3) is 0.857. The van der Waals surface area contributed by atoms with Crippen LogP contribution in [-0.2, 0) is 4.74 Å². The van der Waals surface area contributed by atoms with Gasteiger partial charge in [-0.3, -0.25) is 4.90 Å². The zero-order chi connectivity index (χ0) is 14.1. The summed E-state index contributed by atoms with van der Waals surface area (Å²) in [5.41, 5.74) is 0.978. The third kappa shape index (κ3) is 2.26. The van der Waals surface area contributed by atoms with E-state index in [1.165, 1.54) is 19.3 Å². The first-order valence-corrected chi connectivity index (χ1v) is 7.62. The molecule has 2 saturated carbocycles. The first kappa shape index (κ1) is 13.7. The van der Waals surface area contributed by atoms with E-state index in [9.17, 15) is 10.0 Å². The van der Waals surface area contributed by atoms with Crippen molar-refractivity contribution in [3.05, 3.63) is 0 Å². The van der Waals surface area contributed by atoms with E-state index in [0.29, 0.717) is 37.6 Å². The molecule has 2 bridgehead atoms. The summed E-state index contributed by atoms with van der Waals surface area (Å²) in [5, 5.41) is 12.9. The van der Waals surface area contributed by atoms with Gasteiger partial charge in [-0.25, -0.2) is 4.79 Å². The summed E-state index contributed by atoms with van der Waals surface area (Å²) >= 11 is 0. The molecule has 6 heteroatoms. The summed E-state index contributed by atoms with van der Waals surface area (Å²) < 4.78 is 5.04. The maximum absolute atomic E-state index is 11.7. The Labute approximate surface area is 119 Å². The van der Waals surface area contributed by atoms with Crippen LogP contribution >= 0.6 is 0 Å². The van der Waals surface area contributed by atoms with Crippen molar-refractivity contribution in [2.45, 2.75) is 32.2 Å².